The molecule has 2 aliphatic heterocycles. The lowest BCUT2D eigenvalue weighted by atomic mass is 9.92. The van der Waals surface area contributed by atoms with Crippen molar-refractivity contribution in [1.29, 1.82) is 0 Å². The first kappa shape index (κ1) is 18.7. The van der Waals surface area contributed by atoms with Gasteiger partial charge in [0.2, 0.25) is 5.91 Å². The second-order valence-corrected chi connectivity index (χ2v) is 7.72. The predicted octanol–water partition coefficient (Wildman–Crippen LogP) is 1.71. The predicted molar refractivity (Wildman–Crippen MR) is 93.2 cm³/mol. The summed E-state index contributed by atoms with van der Waals surface area (Å²) in [5.74, 6) is 0.912. The first-order valence-electron chi connectivity index (χ1n) is 9.29. The van der Waals surface area contributed by atoms with Crippen molar-refractivity contribution in [3.63, 3.8) is 0 Å². The number of piperidine rings is 1. The molecule has 23 heavy (non-hydrogen) atoms. The van der Waals surface area contributed by atoms with Gasteiger partial charge >= 0.3 is 0 Å². The van der Waals surface area contributed by atoms with Gasteiger partial charge in [0, 0.05) is 32.2 Å². The average Bonchev–Trinajstić information content (AvgIpc) is 2.51. The smallest absolute Gasteiger partial charge is 0.226 e. The molecule has 0 spiro atoms. The third kappa shape index (κ3) is 5.44. The van der Waals surface area contributed by atoms with Crippen LogP contribution in [0.3, 0.4) is 0 Å². The Morgan fingerprint density at radius 1 is 1.17 bits per heavy atom. The number of carbonyl (C=O) groups is 1. The molecule has 0 bridgehead atoms. The number of morpholine rings is 1. The summed E-state index contributed by atoms with van der Waals surface area (Å²) in [7, 11) is 0. The van der Waals surface area contributed by atoms with Gasteiger partial charge in [0.15, 0.2) is 0 Å². The Hall–Kier alpha value is -0.650. The molecule has 2 rings (SSSR count). The van der Waals surface area contributed by atoms with Crippen LogP contribution in [0.4, 0.5) is 0 Å². The van der Waals surface area contributed by atoms with Crippen molar-refractivity contribution in [2.75, 3.05) is 32.7 Å². The fourth-order valence-corrected chi connectivity index (χ4v) is 3.79. The molecule has 0 aromatic heterocycles. The number of hydrogen-bond donors (Lipinski definition) is 1. The molecule has 0 aromatic carbocycles. The monoisotopic (exact) mass is 325 g/mol. The van der Waals surface area contributed by atoms with Crippen molar-refractivity contribution >= 4 is 5.91 Å². The van der Waals surface area contributed by atoms with E-state index in [2.05, 4.69) is 18.7 Å². The summed E-state index contributed by atoms with van der Waals surface area (Å²) in [6, 6.07) is -0.0643. The molecule has 2 saturated heterocycles. The van der Waals surface area contributed by atoms with Crippen LogP contribution >= 0.6 is 0 Å². The Balaban J connectivity index is 1.69. The third-order valence-corrected chi connectivity index (χ3v) is 5.45. The summed E-state index contributed by atoms with van der Waals surface area (Å²) in [4.78, 5) is 16.9. The van der Waals surface area contributed by atoms with E-state index in [0.29, 0.717) is 12.2 Å². The summed E-state index contributed by atoms with van der Waals surface area (Å²) in [6.07, 6.45) is 4.19. The Morgan fingerprint density at radius 3 is 2.26 bits per heavy atom. The zero-order chi connectivity index (χ0) is 17.0. The van der Waals surface area contributed by atoms with Gasteiger partial charge in [-0.1, -0.05) is 6.92 Å². The van der Waals surface area contributed by atoms with Gasteiger partial charge in [0.1, 0.15) is 0 Å². The average molecular weight is 325 g/mol. The lowest BCUT2D eigenvalue weighted by Gasteiger charge is -2.38. The third-order valence-electron chi connectivity index (χ3n) is 5.45. The van der Waals surface area contributed by atoms with Crippen LogP contribution in [0.15, 0.2) is 0 Å². The largest absolute Gasteiger partial charge is 0.373 e. The molecule has 5 heteroatoms. The van der Waals surface area contributed by atoms with Crippen LogP contribution in [0.25, 0.3) is 0 Å². The molecule has 0 saturated carbocycles. The highest BCUT2D eigenvalue weighted by molar-refractivity contribution is 5.79. The molecule has 2 N–H and O–H groups in total. The van der Waals surface area contributed by atoms with E-state index in [0.717, 1.165) is 51.5 Å². The summed E-state index contributed by atoms with van der Waals surface area (Å²) in [6.45, 7) is 13.2. The van der Waals surface area contributed by atoms with Crippen molar-refractivity contribution in [3.8, 4) is 0 Å². The molecule has 5 nitrogen and oxygen atoms in total. The van der Waals surface area contributed by atoms with Gasteiger partial charge < -0.3 is 15.4 Å². The quantitative estimate of drug-likeness (QED) is 0.836. The highest BCUT2D eigenvalue weighted by Gasteiger charge is 2.28. The fraction of sp³-hybridized carbons (Fsp3) is 0.944. The zero-order valence-corrected chi connectivity index (χ0v) is 15.3. The van der Waals surface area contributed by atoms with Gasteiger partial charge in [-0.2, -0.15) is 0 Å². The van der Waals surface area contributed by atoms with Gasteiger partial charge in [-0.3, -0.25) is 9.69 Å². The van der Waals surface area contributed by atoms with E-state index < -0.39 is 0 Å². The Bertz CT molecular complexity index is 370. The minimum absolute atomic E-state index is 0.0643. The maximum Gasteiger partial charge on any atom is 0.226 e. The van der Waals surface area contributed by atoms with Crippen LogP contribution in [0.1, 0.15) is 47.0 Å². The van der Waals surface area contributed by atoms with Gasteiger partial charge in [0.05, 0.1) is 18.1 Å². The van der Waals surface area contributed by atoms with Crippen LogP contribution in [0.5, 0.6) is 0 Å². The normalized spacial score (nSPS) is 30.2. The number of amides is 1. The lowest BCUT2D eigenvalue weighted by molar-refractivity contribution is -0.137. The molecule has 2 aliphatic rings. The van der Waals surface area contributed by atoms with Crippen LogP contribution in [-0.4, -0.2) is 66.7 Å². The van der Waals surface area contributed by atoms with Crippen LogP contribution in [0.2, 0.25) is 0 Å². The number of nitrogens with two attached hydrogens (primary N) is 1. The van der Waals surface area contributed by atoms with Crippen LogP contribution in [-0.2, 0) is 9.53 Å². The van der Waals surface area contributed by atoms with Crippen molar-refractivity contribution in [2.24, 2.45) is 17.6 Å². The van der Waals surface area contributed by atoms with Gasteiger partial charge in [0.25, 0.3) is 0 Å². The molecule has 0 aromatic rings. The van der Waals surface area contributed by atoms with E-state index in [1.807, 2.05) is 18.7 Å². The number of carbonyl (C=O) groups excluding carboxylic acids is 1. The van der Waals surface area contributed by atoms with E-state index >= 15 is 0 Å². The number of nitrogens with zero attached hydrogens (tertiary/aromatic N) is 2. The Morgan fingerprint density at radius 2 is 1.74 bits per heavy atom. The topological polar surface area (TPSA) is 58.8 Å². The molecule has 1 amide bonds. The van der Waals surface area contributed by atoms with E-state index in [9.17, 15) is 4.79 Å². The molecular formula is C18H35N3O2. The highest BCUT2D eigenvalue weighted by Crippen LogP contribution is 2.23. The number of hydrogen-bond acceptors (Lipinski definition) is 4. The second-order valence-electron chi connectivity index (χ2n) is 7.72. The summed E-state index contributed by atoms with van der Waals surface area (Å²) in [5, 5.41) is 0. The molecule has 2 fully saturated rings. The summed E-state index contributed by atoms with van der Waals surface area (Å²) in [5.41, 5.74) is 5.86. The lowest BCUT2D eigenvalue weighted by Crippen LogP contribution is -2.47. The Labute approximate surface area is 141 Å². The minimum atomic E-state index is -0.0668. The molecule has 4 unspecified atom stereocenters. The maximum absolute atomic E-state index is 12.3. The molecule has 134 valence electrons. The van der Waals surface area contributed by atoms with Gasteiger partial charge in [-0.25, -0.2) is 0 Å². The van der Waals surface area contributed by atoms with Crippen LogP contribution in [0, 0.1) is 11.8 Å². The summed E-state index contributed by atoms with van der Waals surface area (Å²) < 4.78 is 5.79. The first-order chi connectivity index (χ1) is 10.9. The van der Waals surface area contributed by atoms with Crippen molar-refractivity contribution in [1.82, 2.24) is 9.80 Å². The fourth-order valence-electron chi connectivity index (χ4n) is 3.79. The van der Waals surface area contributed by atoms with Crippen molar-refractivity contribution < 1.29 is 9.53 Å². The van der Waals surface area contributed by atoms with Gasteiger partial charge in [-0.05, 0) is 52.5 Å². The maximum atomic E-state index is 12.3. The number of rotatable bonds is 5. The SMILES string of the molecule is CC1CN(CCC2CCN(C(=O)C(C)C(C)N)CC2)CC(C)O1. The first-order valence-corrected chi connectivity index (χ1v) is 9.29. The van der Waals surface area contributed by atoms with Crippen LogP contribution < -0.4 is 5.73 Å². The minimum Gasteiger partial charge on any atom is -0.373 e. The van der Waals surface area contributed by atoms with Crippen molar-refractivity contribution in [3.05, 3.63) is 0 Å². The molecule has 0 aliphatic carbocycles. The van der Waals surface area contributed by atoms with E-state index in [1.54, 1.807) is 0 Å². The van der Waals surface area contributed by atoms with Crippen molar-refractivity contribution in [2.45, 2.75) is 65.2 Å². The second kappa shape index (κ2) is 8.45. The molecule has 4 atom stereocenters. The molecular weight excluding hydrogens is 290 g/mol. The standard InChI is InChI=1S/C18H35N3O2/c1-13-11-20(12-14(2)23-13)8-5-17-6-9-21(10-7-17)18(22)15(3)16(4)19/h13-17H,5-12,19H2,1-4H3. The van der Waals surface area contributed by atoms with E-state index in [-0.39, 0.29) is 17.9 Å². The Kier molecular flexibility index (Phi) is 6.86. The van der Waals surface area contributed by atoms with E-state index in [1.165, 1.54) is 6.42 Å². The highest BCUT2D eigenvalue weighted by atomic mass is 16.5. The molecule has 0 radical (unpaired) electrons. The zero-order valence-electron chi connectivity index (χ0n) is 15.3. The van der Waals surface area contributed by atoms with Gasteiger partial charge in [-0.15, -0.1) is 0 Å². The number of ether oxygens (including phenoxy) is 1. The molecule has 2 heterocycles. The van der Waals surface area contributed by atoms with E-state index in [4.69, 9.17) is 10.5 Å². The number of likely N-dealkylation sites (tertiary alicyclic amines) is 1. The summed E-state index contributed by atoms with van der Waals surface area (Å²) >= 11 is 0.